The molecule has 0 N–H and O–H groups in total. The van der Waals surface area contributed by atoms with Gasteiger partial charge >= 0.3 is 0 Å². The van der Waals surface area contributed by atoms with E-state index < -0.39 is 23.7 Å². The highest BCUT2D eigenvalue weighted by atomic mass is 19.2. The average molecular weight is 439 g/mol. The minimum absolute atomic E-state index is 0.156. The Morgan fingerprint density at radius 2 is 1.26 bits per heavy atom. The maximum Gasteiger partial charge on any atom is 0.194 e. The van der Waals surface area contributed by atoms with E-state index in [0.29, 0.717) is 13.2 Å². The smallest absolute Gasteiger partial charge is 0.194 e. The molecule has 4 rings (SSSR count). The van der Waals surface area contributed by atoms with Gasteiger partial charge in [0.1, 0.15) is 0 Å². The Hall–Kier alpha value is -1.33. The van der Waals surface area contributed by atoms with Crippen molar-refractivity contribution in [1.82, 2.24) is 0 Å². The van der Waals surface area contributed by atoms with Crippen molar-refractivity contribution in [1.29, 1.82) is 0 Å². The van der Waals surface area contributed by atoms with Gasteiger partial charge in [-0.15, -0.1) is 6.58 Å². The third-order valence-electron chi connectivity index (χ3n) is 7.22. The van der Waals surface area contributed by atoms with Crippen LogP contribution in [-0.4, -0.2) is 13.2 Å². The van der Waals surface area contributed by atoms with Gasteiger partial charge in [-0.25, -0.2) is 13.2 Å². The molecule has 0 bridgehead atoms. The molecule has 31 heavy (non-hydrogen) atoms. The molecule has 0 atom stereocenters. The molecular formula is C26H37F3O2. The van der Waals surface area contributed by atoms with E-state index in [4.69, 9.17) is 9.47 Å². The lowest BCUT2D eigenvalue weighted by Gasteiger charge is -2.36. The quantitative estimate of drug-likeness (QED) is 0.357. The first-order chi connectivity index (χ1) is 14.9. The van der Waals surface area contributed by atoms with Gasteiger partial charge in [0, 0.05) is 11.5 Å². The van der Waals surface area contributed by atoms with Crippen molar-refractivity contribution in [2.75, 3.05) is 13.2 Å². The molecule has 174 valence electrons. The Bertz CT molecular complexity index is 676. The van der Waals surface area contributed by atoms with E-state index >= 15 is 0 Å². The Morgan fingerprint density at radius 3 is 1.74 bits per heavy atom. The molecule has 1 aliphatic heterocycles. The van der Waals surface area contributed by atoms with E-state index in [1.165, 1.54) is 51.4 Å². The van der Waals surface area contributed by atoms with Gasteiger partial charge in [-0.05, 0) is 74.3 Å². The molecule has 0 amide bonds. The highest BCUT2D eigenvalue weighted by Gasteiger charge is 2.29. The number of ether oxygens (including phenoxy) is 2. The third-order valence-corrected chi connectivity index (χ3v) is 7.22. The van der Waals surface area contributed by atoms with E-state index in [-0.39, 0.29) is 11.5 Å². The molecular weight excluding hydrogens is 401 g/mol. The molecule has 3 aliphatic rings. The zero-order valence-electron chi connectivity index (χ0n) is 18.9. The molecule has 1 heterocycles. The Morgan fingerprint density at radius 1 is 0.774 bits per heavy atom. The lowest BCUT2D eigenvalue weighted by Crippen LogP contribution is -2.25. The van der Waals surface area contributed by atoms with Gasteiger partial charge in [0.25, 0.3) is 0 Å². The summed E-state index contributed by atoms with van der Waals surface area (Å²) in [6.07, 6.45) is 13.2. The molecule has 1 saturated heterocycles. The fourth-order valence-electron chi connectivity index (χ4n) is 5.11. The van der Waals surface area contributed by atoms with Gasteiger partial charge < -0.3 is 9.47 Å². The van der Waals surface area contributed by atoms with Gasteiger partial charge in [-0.1, -0.05) is 32.8 Å². The first kappa shape index (κ1) is 24.3. The number of rotatable bonds is 3. The topological polar surface area (TPSA) is 18.5 Å². The summed E-state index contributed by atoms with van der Waals surface area (Å²) < 4.78 is 49.1. The highest BCUT2D eigenvalue weighted by molar-refractivity contribution is 5.20. The van der Waals surface area contributed by atoms with Crippen molar-refractivity contribution in [3.05, 3.63) is 47.8 Å². The predicted octanol–water partition coefficient (Wildman–Crippen LogP) is 7.59. The van der Waals surface area contributed by atoms with Crippen LogP contribution in [0.25, 0.3) is 0 Å². The molecule has 1 aromatic rings. The fraction of sp³-hybridized carbons (Fsp3) is 0.692. The summed E-state index contributed by atoms with van der Waals surface area (Å²) in [7, 11) is 0. The zero-order chi connectivity index (χ0) is 22.4. The summed E-state index contributed by atoms with van der Waals surface area (Å²) in [5, 5.41) is 0. The molecule has 2 aliphatic carbocycles. The highest BCUT2D eigenvalue weighted by Crippen LogP contribution is 2.41. The number of allylic oxidation sites excluding steroid dienone is 1. The minimum atomic E-state index is -1.48. The summed E-state index contributed by atoms with van der Waals surface area (Å²) in [5.41, 5.74) is 0.156. The second-order valence-corrected chi connectivity index (χ2v) is 9.83. The first-order valence-corrected chi connectivity index (χ1v) is 11.9. The van der Waals surface area contributed by atoms with Crippen LogP contribution in [0.1, 0.15) is 77.1 Å². The predicted molar refractivity (Wildman–Crippen MR) is 117 cm³/mol. The van der Waals surface area contributed by atoms with Crippen LogP contribution in [0.3, 0.4) is 0 Å². The van der Waals surface area contributed by atoms with Crippen molar-refractivity contribution in [3.63, 3.8) is 0 Å². The summed E-state index contributed by atoms with van der Waals surface area (Å²) in [6, 6.07) is 1.78. The monoisotopic (exact) mass is 438 g/mol. The summed E-state index contributed by atoms with van der Waals surface area (Å²) >= 11 is 0. The van der Waals surface area contributed by atoms with Crippen LogP contribution in [-0.2, 0) is 9.47 Å². The van der Waals surface area contributed by atoms with Crippen molar-refractivity contribution in [3.8, 4) is 0 Å². The van der Waals surface area contributed by atoms with Gasteiger partial charge in [-0.2, -0.15) is 0 Å². The van der Waals surface area contributed by atoms with E-state index in [1.54, 1.807) is 0 Å². The largest absolute Gasteiger partial charge is 0.348 e. The summed E-state index contributed by atoms with van der Waals surface area (Å²) in [5.74, 6) is 0.274. The van der Waals surface area contributed by atoms with Crippen LogP contribution in [0.15, 0.2) is 24.8 Å². The van der Waals surface area contributed by atoms with Crippen molar-refractivity contribution in [2.24, 2.45) is 29.6 Å². The lowest BCUT2D eigenvalue weighted by molar-refractivity contribution is -0.202. The van der Waals surface area contributed by atoms with E-state index in [2.05, 4.69) is 19.6 Å². The minimum Gasteiger partial charge on any atom is -0.348 e. The van der Waals surface area contributed by atoms with Crippen LogP contribution in [0.2, 0.25) is 0 Å². The molecule has 0 spiro atoms. The second-order valence-electron chi connectivity index (χ2n) is 9.83. The third kappa shape index (κ3) is 6.82. The summed E-state index contributed by atoms with van der Waals surface area (Å²) in [6.45, 7) is 9.19. The maximum absolute atomic E-state index is 12.9. The lowest BCUT2D eigenvalue weighted by atomic mass is 9.69. The molecule has 2 nitrogen and oxygen atoms in total. The second kappa shape index (κ2) is 11.5. The summed E-state index contributed by atoms with van der Waals surface area (Å²) in [4.78, 5) is 0. The van der Waals surface area contributed by atoms with Crippen molar-refractivity contribution in [2.45, 2.75) is 71.5 Å². The Balaban J connectivity index is 0.000000176. The fourth-order valence-corrected chi connectivity index (χ4v) is 5.11. The average Bonchev–Trinajstić information content (AvgIpc) is 2.79. The van der Waals surface area contributed by atoms with Crippen LogP contribution in [0, 0.1) is 47.0 Å². The van der Waals surface area contributed by atoms with Gasteiger partial charge in [-0.3, -0.25) is 0 Å². The Kier molecular flexibility index (Phi) is 9.03. The molecule has 3 fully saturated rings. The van der Waals surface area contributed by atoms with E-state index in [9.17, 15) is 13.2 Å². The van der Waals surface area contributed by atoms with Gasteiger partial charge in [0.15, 0.2) is 23.7 Å². The van der Waals surface area contributed by atoms with Crippen LogP contribution >= 0.6 is 0 Å². The van der Waals surface area contributed by atoms with Crippen LogP contribution in [0.5, 0.6) is 0 Å². The molecule has 0 aromatic heterocycles. The van der Waals surface area contributed by atoms with Crippen LogP contribution in [0.4, 0.5) is 13.2 Å². The molecule has 1 aromatic carbocycles. The number of hydrogen-bond donors (Lipinski definition) is 0. The standard InChI is InChI=1S/C15H26.C11H11F3O2/c1-3-13-6-10-15(11-7-13)14-8-4-12(2)5-9-14;1-6-4-15-11(16-5-6)7-2-8(12)10(14)9(13)3-7/h3,12-15H,1,4-11H2,2H3;2-3,6,11H,4-5H2,1H3. The number of hydrogen-bond acceptors (Lipinski definition) is 2. The van der Waals surface area contributed by atoms with Crippen molar-refractivity contribution >= 4 is 0 Å². The molecule has 0 unspecified atom stereocenters. The number of benzene rings is 1. The molecule has 2 saturated carbocycles. The zero-order valence-corrected chi connectivity index (χ0v) is 18.9. The molecule has 0 radical (unpaired) electrons. The maximum atomic E-state index is 12.9. The Labute approximate surface area is 185 Å². The van der Waals surface area contributed by atoms with Crippen LogP contribution < -0.4 is 0 Å². The SMILES string of the molecule is C=CC1CCC(C2CCC(C)CC2)CC1.CC1COC(c2cc(F)c(F)c(F)c2)OC1. The normalized spacial score (nSPS) is 33.8. The van der Waals surface area contributed by atoms with Crippen molar-refractivity contribution < 1.29 is 22.6 Å². The van der Waals surface area contributed by atoms with E-state index in [1.807, 2.05) is 6.92 Å². The van der Waals surface area contributed by atoms with Gasteiger partial charge in [0.05, 0.1) is 13.2 Å². The van der Waals surface area contributed by atoms with E-state index in [0.717, 1.165) is 35.8 Å². The molecule has 5 heteroatoms. The first-order valence-electron chi connectivity index (χ1n) is 11.9. The van der Waals surface area contributed by atoms with Gasteiger partial charge in [0.2, 0.25) is 0 Å². The number of halogens is 3.